The third-order valence-corrected chi connectivity index (χ3v) is 4.04. The van der Waals surface area contributed by atoms with Crippen LogP contribution in [0.25, 0.3) is 0 Å². The molecule has 4 nitrogen and oxygen atoms in total. The van der Waals surface area contributed by atoms with Crippen LogP contribution >= 0.6 is 0 Å². The van der Waals surface area contributed by atoms with Crippen LogP contribution in [-0.4, -0.2) is 51.1 Å². The summed E-state index contributed by atoms with van der Waals surface area (Å²) in [5, 5.41) is 6.23. The first kappa shape index (κ1) is 16.4. The van der Waals surface area contributed by atoms with E-state index in [0.717, 1.165) is 25.4 Å². The summed E-state index contributed by atoms with van der Waals surface area (Å²) >= 11 is 0. The van der Waals surface area contributed by atoms with Gasteiger partial charge in [-0.05, 0) is 57.8 Å². The number of amides is 1. The topological polar surface area (TPSA) is 44.4 Å². The van der Waals surface area contributed by atoms with Crippen LogP contribution in [0.1, 0.15) is 39.5 Å². The molecule has 1 aliphatic rings. The maximum Gasteiger partial charge on any atom is 0.220 e. The Morgan fingerprint density at radius 1 is 1.26 bits per heavy atom. The second-order valence-electron chi connectivity index (χ2n) is 6.76. The second-order valence-corrected chi connectivity index (χ2v) is 6.76. The van der Waals surface area contributed by atoms with E-state index < -0.39 is 0 Å². The highest BCUT2D eigenvalue weighted by Crippen LogP contribution is 2.20. The van der Waals surface area contributed by atoms with Crippen LogP contribution in [0.2, 0.25) is 0 Å². The van der Waals surface area contributed by atoms with Gasteiger partial charge in [0.1, 0.15) is 0 Å². The van der Waals surface area contributed by atoms with E-state index in [9.17, 15) is 4.79 Å². The average Bonchev–Trinajstić information content (AvgIpc) is 2.36. The number of hydrogen-bond donors (Lipinski definition) is 2. The Morgan fingerprint density at radius 3 is 2.47 bits per heavy atom. The molecule has 0 bridgehead atoms. The van der Waals surface area contributed by atoms with Gasteiger partial charge in [0.2, 0.25) is 5.91 Å². The zero-order valence-electron chi connectivity index (χ0n) is 13.1. The van der Waals surface area contributed by atoms with Gasteiger partial charge in [-0.1, -0.05) is 13.8 Å². The minimum atomic E-state index is 0.123. The number of carbonyl (C=O) groups excluding carboxylic acids is 1. The minimum Gasteiger partial charge on any atom is -0.356 e. The van der Waals surface area contributed by atoms with Gasteiger partial charge in [-0.2, -0.15) is 0 Å². The van der Waals surface area contributed by atoms with E-state index in [4.69, 9.17) is 0 Å². The molecule has 1 aliphatic heterocycles. The summed E-state index contributed by atoms with van der Waals surface area (Å²) in [6.07, 6.45) is 4.22. The lowest BCUT2D eigenvalue weighted by Crippen LogP contribution is -2.39. The third kappa shape index (κ3) is 6.92. The quantitative estimate of drug-likeness (QED) is 0.735. The van der Waals surface area contributed by atoms with Crippen LogP contribution in [0.5, 0.6) is 0 Å². The SMILES string of the molecule is CNCC(C)(C)CNC(=O)CCC1CCN(C)CC1. The average molecular weight is 269 g/mol. The van der Waals surface area contributed by atoms with Gasteiger partial charge in [0.05, 0.1) is 0 Å². The Morgan fingerprint density at radius 2 is 1.89 bits per heavy atom. The van der Waals surface area contributed by atoms with Crippen LogP contribution in [-0.2, 0) is 4.79 Å². The molecule has 0 aromatic carbocycles. The predicted molar refractivity (Wildman–Crippen MR) is 80.2 cm³/mol. The number of carbonyl (C=O) groups is 1. The molecule has 4 heteroatoms. The van der Waals surface area contributed by atoms with E-state index in [0.29, 0.717) is 6.42 Å². The van der Waals surface area contributed by atoms with Crippen molar-refractivity contribution < 1.29 is 4.79 Å². The molecule has 0 radical (unpaired) electrons. The molecule has 1 saturated heterocycles. The van der Waals surface area contributed by atoms with Crippen molar-refractivity contribution in [3.63, 3.8) is 0 Å². The van der Waals surface area contributed by atoms with Crippen LogP contribution in [0.15, 0.2) is 0 Å². The van der Waals surface area contributed by atoms with Crippen LogP contribution in [0.3, 0.4) is 0 Å². The number of likely N-dealkylation sites (tertiary alicyclic amines) is 1. The Balaban J connectivity index is 2.14. The van der Waals surface area contributed by atoms with Crippen LogP contribution in [0, 0.1) is 11.3 Å². The van der Waals surface area contributed by atoms with Gasteiger partial charge < -0.3 is 15.5 Å². The van der Waals surface area contributed by atoms with E-state index in [1.54, 1.807) is 0 Å². The van der Waals surface area contributed by atoms with Gasteiger partial charge in [0.15, 0.2) is 0 Å². The number of rotatable bonds is 7. The lowest BCUT2D eigenvalue weighted by molar-refractivity contribution is -0.121. The molecule has 0 aromatic rings. The molecule has 1 heterocycles. The molecule has 2 N–H and O–H groups in total. The second kappa shape index (κ2) is 7.85. The number of nitrogens with one attached hydrogen (secondary N) is 2. The monoisotopic (exact) mass is 269 g/mol. The number of hydrogen-bond acceptors (Lipinski definition) is 3. The molecule has 0 unspecified atom stereocenters. The van der Waals surface area contributed by atoms with Crippen LogP contribution < -0.4 is 10.6 Å². The summed E-state index contributed by atoms with van der Waals surface area (Å²) in [6, 6.07) is 0. The molecular formula is C15H31N3O. The maximum atomic E-state index is 11.9. The molecule has 1 rings (SSSR count). The molecule has 0 aliphatic carbocycles. The van der Waals surface area contributed by atoms with Gasteiger partial charge in [0.25, 0.3) is 0 Å². The first-order chi connectivity index (χ1) is 8.93. The van der Waals surface area contributed by atoms with E-state index in [2.05, 4.69) is 36.4 Å². The van der Waals surface area contributed by atoms with Crippen molar-refractivity contribution >= 4 is 5.91 Å². The van der Waals surface area contributed by atoms with Gasteiger partial charge in [0, 0.05) is 19.5 Å². The van der Waals surface area contributed by atoms with Gasteiger partial charge in [-0.25, -0.2) is 0 Å². The first-order valence-electron chi connectivity index (χ1n) is 7.53. The number of piperidine rings is 1. The van der Waals surface area contributed by atoms with E-state index in [1.165, 1.54) is 25.9 Å². The molecule has 1 fully saturated rings. The molecular weight excluding hydrogens is 238 g/mol. The largest absolute Gasteiger partial charge is 0.356 e. The van der Waals surface area contributed by atoms with Crippen molar-refractivity contribution in [3.05, 3.63) is 0 Å². The summed E-state index contributed by atoms with van der Waals surface area (Å²) in [4.78, 5) is 14.2. The van der Waals surface area contributed by atoms with Crippen molar-refractivity contribution in [1.82, 2.24) is 15.5 Å². The Bertz CT molecular complexity index is 271. The Hall–Kier alpha value is -0.610. The van der Waals surface area contributed by atoms with E-state index in [1.807, 2.05) is 7.05 Å². The van der Waals surface area contributed by atoms with Crippen molar-refractivity contribution in [2.75, 3.05) is 40.3 Å². The predicted octanol–water partition coefficient (Wildman–Crippen LogP) is 1.47. The molecule has 0 spiro atoms. The zero-order valence-corrected chi connectivity index (χ0v) is 13.1. The lowest BCUT2D eigenvalue weighted by Gasteiger charge is -2.29. The van der Waals surface area contributed by atoms with Crippen molar-refractivity contribution in [1.29, 1.82) is 0 Å². The molecule has 19 heavy (non-hydrogen) atoms. The molecule has 1 amide bonds. The smallest absolute Gasteiger partial charge is 0.220 e. The summed E-state index contributed by atoms with van der Waals surface area (Å²) in [6.45, 7) is 8.37. The Labute approximate surface area is 118 Å². The highest BCUT2D eigenvalue weighted by molar-refractivity contribution is 5.75. The molecule has 112 valence electrons. The minimum absolute atomic E-state index is 0.123. The van der Waals surface area contributed by atoms with Gasteiger partial charge in [-0.3, -0.25) is 4.79 Å². The van der Waals surface area contributed by atoms with Crippen molar-refractivity contribution in [2.24, 2.45) is 11.3 Å². The summed E-state index contributed by atoms with van der Waals surface area (Å²) < 4.78 is 0. The van der Waals surface area contributed by atoms with E-state index in [-0.39, 0.29) is 11.3 Å². The lowest BCUT2D eigenvalue weighted by atomic mass is 9.91. The normalized spacial score (nSPS) is 18.5. The van der Waals surface area contributed by atoms with Crippen molar-refractivity contribution in [2.45, 2.75) is 39.5 Å². The van der Waals surface area contributed by atoms with E-state index >= 15 is 0 Å². The zero-order chi connectivity index (χ0) is 14.3. The molecule has 0 aromatic heterocycles. The molecule has 0 saturated carbocycles. The fourth-order valence-corrected chi connectivity index (χ4v) is 2.65. The summed E-state index contributed by atoms with van der Waals surface area (Å²) in [5.74, 6) is 0.954. The maximum absolute atomic E-state index is 11.9. The standard InChI is InChI=1S/C15H31N3O/c1-15(2,11-16-3)12-17-14(19)6-5-13-7-9-18(4)10-8-13/h13,16H,5-12H2,1-4H3,(H,17,19). The highest BCUT2D eigenvalue weighted by Gasteiger charge is 2.20. The number of nitrogens with zero attached hydrogens (tertiary/aromatic N) is 1. The summed E-state index contributed by atoms with van der Waals surface area (Å²) in [7, 11) is 4.12. The van der Waals surface area contributed by atoms with Crippen LogP contribution in [0.4, 0.5) is 0 Å². The van der Waals surface area contributed by atoms with Gasteiger partial charge in [-0.15, -0.1) is 0 Å². The van der Waals surface area contributed by atoms with Gasteiger partial charge >= 0.3 is 0 Å². The highest BCUT2D eigenvalue weighted by atomic mass is 16.1. The Kier molecular flexibility index (Phi) is 6.80. The first-order valence-corrected chi connectivity index (χ1v) is 7.53. The fourth-order valence-electron chi connectivity index (χ4n) is 2.65. The van der Waals surface area contributed by atoms with Crippen molar-refractivity contribution in [3.8, 4) is 0 Å². The third-order valence-electron chi connectivity index (χ3n) is 4.04. The molecule has 0 atom stereocenters. The fraction of sp³-hybridized carbons (Fsp3) is 0.933. The summed E-state index contributed by atoms with van der Waals surface area (Å²) in [5.41, 5.74) is 0.123.